The fraction of sp³-hybridized carbons (Fsp3) is 0.947. The Hall–Kier alpha value is -0.220. The van der Waals surface area contributed by atoms with E-state index < -0.39 is 19.3 Å². The van der Waals surface area contributed by atoms with Crippen molar-refractivity contribution in [3.05, 3.63) is 0 Å². The Bertz CT molecular complexity index is 270. The molecule has 0 spiro atoms. The maximum absolute atomic E-state index is 10.1. The van der Waals surface area contributed by atoms with Gasteiger partial charge in [0.1, 0.15) is 6.04 Å². The van der Waals surface area contributed by atoms with E-state index in [9.17, 15) is 4.79 Å². The second-order valence-corrected chi connectivity index (χ2v) is 12.5. The first kappa shape index (κ1) is 29.5. The fourth-order valence-electron chi connectivity index (χ4n) is 2.82. The Morgan fingerprint density at radius 2 is 1.32 bits per heavy atom. The van der Waals surface area contributed by atoms with E-state index in [4.69, 9.17) is 16.6 Å². The van der Waals surface area contributed by atoms with E-state index >= 15 is 0 Å². The zero-order valence-corrected chi connectivity index (χ0v) is 18.5. The van der Waals surface area contributed by atoms with Crippen LogP contribution in [0.25, 0.3) is 0 Å². The van der Waals surface area contributed by atoms with Crippen LogP contribution in [0.4, 0.5) is 0 Å². The standard InChI is InChI=1S/C13H31P.C6H14N2O2.H3N/c1-5-8-11-14(4,12-9-6-2)13-10-7-3;7-4-2-1-3-5(8)6(9)10;/h14H,5-13H2,1-4H3;5H,1-4,7-8H2,(H,9,10);1H3. The molecule has 0 aromatic rings. The fourth-order valence-corrected chi connectivity index (χ4v) is 7.19. The van der Waals surface area contributed by atoms with Crippen molar-refractivity contribution in [2.75, 3.05) is 31.7 Å². The van der Waals surface area contributed by atoms with Crippen molar-refractivity contribution in [3.8, 4) is 0 Å². The van der Waals surface area contributed by atoms with Gasteiger partial charge in [0, 0.05) is 0 Å². The molecule has 6 heteroatoms. The smallest absolute Gasteiger partial charge is 0.320 e. The first-order valence-corrected chi connectivity index (χ1v) is 13.2. The van der Waals surface area contributed by atoms with Crippen LogP contribution >= 0.6 is 7.26 Å². The number of rotatable bonds is 14. The van der Waals surface area contributed by atoms with Crippen molar-refractivity contribution < 1.29 is 9.90 Å². The number of unbranched alkanes of at least 4 members (excludes halogenated alkanes) is 4. The molecule has 0 fully saturated rings. The summed E-state index contributed by atoms with van der Waals surface area (Å²) in [6, 6.07) is -0.716. The van der Waals surface area contributed by atoms with Gasteiger partial charge >= 0.3 is 97.7 Å². The Morgan fingerprint density at radius 1 is 0.920 bits per heavy atom. The number of carbonyl (C=O) groups is 1. The maximum Gasteiger partial charge on any atom is 0.320 e. The van der Waals surface area contributed by atoms with Crippen molar-refractivity contribution in [2.24, 2.45) is 11.5 Å². The van der Waals surface area contributed by atoms with Gasteiger partial charge in [-0.15, -0.1) is 0 Å². The van der Waals surface area contributed by atoms with Gasteiger partial charge in [-0.05, 0) is 19.4 Å². The first-order chi connectivity index (χ1) is 11.4. The molecule has 0 aliphatic carbocycles. The summed E-state index contributed by atoms with van der Waals surface area (Å²) in [4.78, 5) is 10.1. The number of nitrogens with two attached hydrogens (primary N) is 2. The Labute approximate surface area is 157 Å². The van der Waals surface area contributed by atoms with E-state index in [0.29, 0.717) is 13.0 Å². The molecule has 0 bridgehead atoms. The van der Waals surface area contributed by atoms with Gasteiger partial charge in [-0.2, -0.15) is 0 Å². The van der Waals surface area contributed by atoms with Gasteiger partial charge in [-0.3, -0.25) is 4.79 Å². The summed E-state index contributed by atoms with van der Waals surface area (Å²) in [5.74, 6) is -0.933. The van der Waals surface area contributed by atoms with Gasteiger partial charge in [-0.25, -0.2) is 0 Å². The van der Waals surface area contributed by atoms with Crippen molar-refractivity contribution in [3.63, 3.8) is 0 Å². The number of carboxylic acid groups (broad SMARTS) is 1. The predicted molar refractivity (Wildman–Crippen MR) is 117 cm³/mol. The van der Waals surface area contributed by atoms with Crippen LogP contribution in [0.5, 0.6) is 0 Å². The van der Waals surface area contributed by atoms with Gasteiger partial charge in [0.25, 0.3) is 0 Å². The molecular formula is C19H48N3O2P. The molecule has 0 rings (SSSR count). The van der Waals surface area contributed by atoms with Crippen LogP contribution in [-0.4, -0.2) is 48.8 Å². The Morgan fingerprint density at radius 3 is 1.60 bits per heavy atom. The largest absolute Gasteiger partial charge is 0.480 e. The van der Waals surface area contributed by atoms with E-state index in [2.05, 4.69) is 27.4 Å². The van der Waals surface area contributed by atoms with Crippen LogP contribution in [0.2, 0.25) is 0 Å². The Balaban J connectivity index is -0.000000392. The molecule has 1 atom stereocenters. The third-order valence-electron chi connectivity index (χ3n) is 4.69. The summed E-state index contributed by atoms with van der Waals surface area (Å²) in [6.07, 6.45) is 15.5. The minimum atomic E-state index is -0.933. The SMILES string of the molecule is CCCC[PH](C)(CCCC)CCCC.N.NCCCCC(N)C(=O)O. The summed E-state index contributed by atoms with van der Waals surface area (Å²) in [5, 5.41) is 8.33. The number of hydrogen-bond donors (Lipinski definition) is 4. The molecule has 0 radical (unpaired) electrons. The topological polar surface area (TPSA) is 124 Å². The van der Waals surface area contributed by atoms with Crippen LogP contribution in [0.15, 0.2) is 0 Å². The molecule has 0 aliphatic rings. The molecule has 0 aliphatic heterocycles. The number of aliphatic carboxylic acids is 1. The molecule has 1 unspecified atom stereocenters. The van der Waals surface area contributed by atoms with Crippen molar-refractivity contribution in [2.45, 2.75) is 84.6 Å². The molecule has 0 saturated heterocycles. The normalized spacial score (nSPS) is 12.6. The van der Waals surface area contributed by atoms with E-state index in [0.717, 1.165) is 12.8 Å². The summed E-state index contributed by atoms with van der Waals surface area (Å²) >= 11 is 0. The first-order valence-electron chi connectivity index (χ1n) is 10.0. The van der Waals surface area contributed by atoms with Crippen LogP contribution < -0.4 is 17.6 Å². The molecule has 0 aromatic carbocycles. The third-order valence-corrected chi connectivity index (χ3v) is 9.37. The van der Waals surface area contributed by atoms with Crippen molar-refractivity contribution in [1.29, 1.82) is 0 Å². The zero-order valence-electron chi connectivity index (χ0n) is 17.5. The molecule has 5 nitrogen and oxygen atoms in total. The third kappa shape index (κ3) is 19.9. The molecule has 0 amide bonds. The van der Waals surface area contributed by atoms with Gasteiger partial charge in [0.15, 0.2) is 0 Å². The van der Waals surface area contributed by atoms with E-state index in [-0.39, 0.29) is 6.15 Å². The van der Waals surface area contributed by atoms with Crippen LogP contribution in [-0.2, 0) is 4.79 Å². The molecular weight excluding hydrogens is 333 g/mol. The second-order valence-electron chi connectivity index (χ2n) is 7.35. The molecule has 156 valence electrons. The van der Waals surface area contributed by atoms with Gasteiger partial charge in [0.2, 0.25) is 0 Å². The molecule has 8 N–H and O–H groups in total. The molecule has 0 aromatic heterocycles. The quantitative estimate of drug-likeness (QED) is 0.261. The summed E-state index contributed by atoms with van der Waals surface area (Å²) < 4.78 is 0. The van der Waals surface area contributed by atoms with E-state index in [1.807, 2.05) is 0 Å². The monoisotopic (exact) mass is 381 g/mol. The minimum Gasteiger partial charge on any atom is -0.480 e. The van der Waals surface area contributed by atoms with E-state index in [1.54, 1.807) is 18.5 Å². The van der Waals surface area contributed by atoms with Gasteiger partial charge < -0.3 is 22.7 Å². The summed E-state index contributed by atoms with van der Waals surface area (Å²) in [7, 11) is -0.812. The van der Waals surface area contributed by atoms with Gasteiger partial charge in [-0.1, -0.05) is 6.42 Å². The van der Waals surface area contributed by atoms with E-state index in [1.165, 1.54) is 38.5 Å². The van der Waals surface area contributed by atoms with Crippen LogP contribution in [0.1, 0.15) is 78.6 Å². The van der Waals surface area contributed by atoms with Crippen LogP contribution in [0, 0.1) is 0 Å². The van der Waals surface area contributed by atoms with Gasteiger partial charge in [0.05, 0.1) is 0 Å². The predicted octanol–water partition coefficient (Wildman–Crippen LogP) is 4.46. The Kier molecular flexibility index (Phi) is 23.7. The number of hydrogen-bond acceptors (Lipinski definition) is 4. The zero-order chi connectivity index (χ0) is 18.8. The second kappa shape index (κ2) is 20.1. The average Bonchev–Trinajstić information content (AvgIpc) is 2.57. The van der Waals surface area contributed by atoms with Crippen molar-refractivity contribution in [1.82, 2.24) is 6.15 Å². The minimum absolute atomic E-state index is 0. The summed E-state index contributed by atoms with van der Waals surface area (Å²) in [6.45, 7) is 10.2. The van der Waals surface area contributed by atoms with Crippen LogP contribution in [0.3, 0.4) is 0 Å². The maximum atomic E-state index is 10.1. The van der Waals surface area contributed by atoms with Crippen molar-refractivity contribution >= 4 is 13.2 Å². The average molecular weight is 382 g/mol. The summed E-state index contributed by atoms with van der Waals surface area (Å²) in [5.41, 5.74) is 10.4. The molecule has 0 heterocycles. The molecule has 0 saturated carbocycles. The molecule has 25 heavy (non-hydrogen) atoms. The number of carboxylic acids is 1.